The number of amides is 1. The molecule has 156 valence electrons. The van der Waals surface area contributed by atoms with Crippen LogP contribution in [0.25, 0.3) is 34.2 Å². The average Bonchev–Trinajstić information content (AvgIpc) is 3.41. The number of nitrogens with zero attached hydrogens (tertiary/aromatic N) is 2. The van der Waals surface area contributed by atoms with E-state index in [0.717, 1.165) is 16.7 Å². The Morgan fingerprint density at radius 1 is 1.13 bits per heavy atom. The van der Waals surface area contributed by atoms with Crippen molar-refractivity contribution in [2.24, 2.45) is 0 Å². The van der Waals surface area contributed by atoms with E-state index in [-0.39, 0.29) is 5.91 Å². The first kappa shape index (κ1) is 20.2. The number of rotatable bonds is 6. The van der Waals surface area contributed by atoms with E-state index >= 15 is 0 Å². The number of hydrogen-bond acceptors (Lipinski definition) is 5. The molecule has 1 atom stereocenters. The molecule has 4 rings (SSSR count). The molecule has 0 aliphatic rings. The molecule has 0 saturated carbocycles. The van der Waals surface area contributed by atoms with Gasteiger partial charge in [-0.3, -0.25) is 4.79 Å². The second-order valence-corrected chi connectivity index (χ2v) is 6.89. The van der Waals surface area contributed by atoms with Crippen molar-refractivity contribution in [1.82, 2.24) is 15.1 Å². The fraction of sp³-hybridized carbons (Fsp3) is 0.125. The zero-order chi connectivity index (χ0) is 21.8. The van der Waals surface area contributed by atoms with Crippen LogP contribution in [0.3, 0.4) is 0 Å². The highest BCUT2D eigenvalue weighted by Gasteiger charge is 2.17. The SMILES string of the molecule is CNC(=O)[C@@H](C)OC(=O)/C=C\c1cn(-c2ccccc2)nc1-c1cc2ccccc2o1. The van der Waals surface area contributed by atoms with Gasteiger partial charge in [-0.05, 0) is 37.3 Å². The fourth-order valence-electron chi connectivity index (χ4n) is 3.14. The van der Waals surface area contributed by atoms with E-state index < -0.39 is 12.1 Å². The number of aromatic nitrogens is 2. The van der Waals surface area contributed by atoms with Crippen molar-refractivity contribution < 1.29 is 18.7 Å². The summed E-state index contributed by atoms with van der Waals surface area (Å²) in [7, 11) is 1.49. The molecule has 2 heterocycles. The molecule has 31 heavy (non-hydrogen) atoms. The van der Waals surface area contributed by atoms with Crippen molar-refractivity contribution in [1.29, 1.82) is 0 Å². The third-order valence-corrected chi connectivity index (χ3v) is 4.73. The summed E-state index contributed by atoms with van der Waals surface area (Å²) in [6.45, 7) is 1.51. The topological polar surface area (TPSA) is 86.4 Å². The molecule has 1 N–H and O–H groups in total. The zero-order valence-electron chi connectivity index (χ0n) is 17.1. The van der Waals surface area contributed by atoms with Gasteiger partial charge in [0.25, 0.3) is 5.91 Å². The van der Waals surface area contributed by atoms with Gasteiger partial charge in [-0.15, -0.1) is 0 Å². The minimum atomic E-state index is -0.885. The maximum atomic E-state index is 12.2. The number of furan rings is 1. The predicted molar refractivity (Wildman–Crippen MR) is 117 cm³/mol. The van der Waals surface area contributed by atoms with Gasteiger partial charge in [-0.25, -0.2) is 9.48 Å². The summed E-state index contributed by atoms with van der Waals surface area (Å²) in [4.78, 5) is 23.7. The van der Waals surface area contributed by atoms with Crippen LogP contribution in [0, 0.1) is 0 Å². The number of carbonyl (C=O) groups excluding carboxylic acids is 2. The van der Waals surface area contributed by atoms with Gasteiger partial charge < -0.3 is 14.5 Å². The van der Waals surface area contributed by atoms with Crippen LogP contribution in [-0.2, 0) is 14.3 Å². The number of hydrogen-bond donors (Lipinski definition) is 1. The number of fused-ring (bicyclic) bond motifs is 1. The Bertz CT molecular complexity index is 1220. The van der Waals surface area contributed by atoms with Gasteiger partial charge in [0, 0.05) is 30.3 Å². The first-order valence-corrected chi connectivity index (χ1v) is 9.79. The lowest BCUT2D eigenvalue weighted by Crippen LogP contribution is -2.32. The van der Waals surface area contributed by atoms with Gasteiger partial charge in [-0.1, -0.05) is 36.4 Å². The molecule has 0 aliphatic heterocycles. The van der Waals surface area contributed by atoms with Crippen molar-refractivity contribution in [3.8, 4) is 17.1 Å². The van der Waals surface area contributed by atoms with Crippen LogP contribution in [0.2, 0.25) is 0 Å². The first-order chi connectivity index (χ1) is 15.0. The third-order valence-electron chi connectivity index (χ3n) is 4.73. The van der Waals surface area contributed by atoms with Crippen LogP contribution in [0.1, 0.15) is 12.5 Å². The monoisotopic (exact) mass is 415 g/mol. The molecule has 0 unspecified atom stereocenters. The predicted octanol–water partition coefficient (Wildman–Crippen LogP) is 3.98. The minimum Gasteiger partial charge on any atom is -0.454 e. The summed E-state index contributed by atoms with van der Waals surface area (Å²) in [5, 5.41) is 8.08. The molecular weight excluding hydrogens is 394 g/mol. The summed E-state index contributed by atoms with van der Waals surface area (Å²) in [6.07, 6.45) is 3.80. The lowest BCUT2D eigenvalue weighted by Gasteiger charge is -2.09. The van der Waals surface area contributed by atoms with Gasteiger partial charge in [0.05, 0.1) is 5.69 Å². The Morgan fingerprint density at radius 2 is 1.87 bits per heavy atom. The molecule has 0 radical (unpaired) electrons. The zero-order valence-corrected chi connectivity index (χ0v) is 17.1. The van der Waals surface area contributed by atoms with Crippen LogP contribution in [0.5, 0.6) is 0 Å². The molecule has 7 heteroatoms. The van der Waals surface area contributed by atoms with Crippen LogP contribution < -0.4 is 5.32 Å². The van der Waals surface area contributed by atoms with Gasteiger partial charge in [0.1, 0.15) is 11.3 Å². The summed E-state index contributed by atoms with van der Waals surface area (Å²) in [5.74, 6) is -0.414. The van der Waals surface area contributed by atoms with E-state index in [0.29, 0.717) is 17.0 Å². The molecule has 0 saturated heterocycles. The second kappa shape index (κ2) is 8.71. The maximum Gasteiger partial charge on any atom is 0.331 e. The molecular formula is C24H21N3O4. The van der Waals surface area contributed by atoms with Gasteiger partial charge in [0.15, 0.2) is 11.9 Å². The Kier molecular flexibility index (Phi) is 5.66. The second-order valence-electron chi connectivity index (χ2n) is 6.89. The van der Waals surface area contributed by atoms with E-state index in [2.05, 4.69) is 10.4 Å². The Balaban J connectivity index is 1.69. The summed E-state index contributed by atoms with van der Waals surface area (Å²) in [5.41, 5.74) is 2.88. The third kappa shape index (κ3) is 4.40. The highest BCUT2D eigenvalue weighted by molar-refractivity contribution is 5.91. The van der Waals surface area contributed by atoms with E-state index in [4.69, 9.17) is 9.15 Å². The molecule has 0 aliphatic carbocycles. The molecule has 0 fully saturated rings. The Labute approximate surface area is 178 Å². The van der Waals surface area contributed by atoms with E-state index in [9.17, 15) is 9.59 Å². The van der Waals surface area contributed by atoms with Crippen molar-refractivity contribution in [3.63, 3.8) is 0 Å². The van der Waals surface area contributed by atoms with Crippen LogP contribution in [0.15, 0.2) is 77.4 Å². The summed E-state index contributed by atoms with van der Waals surface area (Å²) >= 11 is 0. The molecule has 2 aromatic carbocycles. The number of esters is 1. The Morgan fingerprint density at radius 3 is 2.61 bits per heavy atom. The van der Waals surface area contributed by atoms with Gasteiger partial charge >= 0.3 is 5.97 Å². The summed E-state index contributed by atoms with van der Waals surface area (Å²) < 4.78 is 12.8. The molecule has 1 amide bonds. The average molecular weight is 415 g/mol. The molecule has 0 bridgehead atoms. The van der Waals surface area contributed by atoms with Crippen LogP contribution in [-0.4, -0.2) is 34.8 Å². The van der Waals surface area contributed by atoms with Crippen molar-refractivity contribution in [3.05, 3.63) is 78.5 Å². The Hall–Kier alpha value is -4.13. The van der Waals surface area contributed by atoms with Crippen molar-refractivity contribution in [2.45, 2.75) is 13.0 Å². The van der Waals surface area contributed by atoms with E-state index in [1.807, 2.05) is 66.9 Å². The van der Waals surface area contributed by atoms with Crippen LogP contribution in [0.4, 0.5) is 0 Å². The van der Waals surface area contributed by atoms with Crippen LogP contribution >= 0.6 is 0 Å². The van der Waals surface area contributed by atoms with Crippen molar-refractivity contribution >= 4 is 28.9 Å². The molecule has 0 spiro atoms. The summed E-state index contributed by atoms with van der Waals surface area (Å²) in [6, 6.07) is 19.2. The number of ether oxygens (including phenoxy) is 1. The standard InChI is InChI=1S/C24H21N3O4/c1-16(24(29)25-2)30-22(28)13-12-18-15-27(19-9-4-3-5-10-19)26-23(18)21-14-17-8-6-7-11-20(17)31-21/h3-16H,1-2H3,(H,25,29)/b13-12-/t16-/m1/s1. The lowest BCUT2D eigenvalue weighted by atomic mass is 10.2. The quantitative estimate of drug-likeness (QED) is 0.380. The smallest absolute Gasteiger partial charge is 0.331 e. The largest absolute Gasteiger partial charge is 0.454 e. The number of nitrogens with one attached hydrogen (secondary N) is 1. The number of para-hydroxylation sites is 2. The lowest BCUT2D eigenvalue weighted by molar-refractivity contribution is -0.149. The molecule has 4 aromatic rings. The highest BCUT2D eigenvalue weighted by atomic mass is 16.5. The van der Waals surface area contributed by atoms with E-state index in [1.165, 1.54) is 20.0 Å². The minimum absolute atomic E-state index is 0.374. The molecule has 7 nitrogen and oxygen atoms in total. The highest BCUT2D eigenvalue weighted by Crippen LogP contribution is 2.30. The first-order valence-electron chi connectivity index (χ1n) is 9.79. The number of carbonyl (C=O) groups is 2. The molecule has 2 aromatic heterocycles. The maximum absolute atomic E-state index is 12.2. The van der Waals surface area contributed by atoms with Crippen molar-refractivity contribution in [2.75, 3.05) is 7.05 Å². The normalized spacial score (nSPS) is 12.2. The number of likely N-dealkylation sites (N-methyl/N-ethyl adjacent to an activating group) is 1. The van der Waals surface area contributed by atoms with Gasteiger partial charge in [0.2, 0.25) is 0 Å². The van der Waals surface area contributed by atoms with Gasteiger partial charge in [-0.2, -0.15) is 5.10 Å². The fourth-order valence-corrected chi connectivity index (χ4v) is 3.14. The van der Waals surface area contributed by atoms with E-state index in [1.54, 1.807) is 10.8 Å². The number of benzene rings is 2.